The monoisotopic (exact) mass is 160 g/mol. The highest BCUT2D eigenvalue weighted by atomic mass is 35.5. The van der Waals surface area contributed by atoms with Crippen molar-refractivity contribution in [1.82, 2.24) is 0 Å². The smallest absolute Gasteiger partial charge is 0.0659 e. The fourth-order valence-electron chi connectivity index (χ4n) is 2.65. The van der Waals surface area contributed by atoms with Gasteiger partial charge in [-0.05, 0) is 37.5 Å². The molecule has 0 aromatic rings. The maximum absolute atomic E-state index is 9.68. The van der Waals surface area contributed by atoms with E-state index < -0.39 is 0 Å². The zero-order chi connectivity index (χ0) is 7.24. The highest BCUT2D eigenvalue weighted by molar-refractivity contribution is 6.18. The lowest BCUT2D eigenvalue weighted by Gasteiger charge is -2.57. The minimum absolute atomic E-state index is 0.298. The Bertz CT molecular complexity index is 149. The lowest BCUT2D eigenvalue weighted by atomic mass is 9.52. The van der Waals surface area contributed by atoms with Crippen molar-refractivity contribution in [3.05, 3.63) is 0 Å². The van der Waals surface area contributed by atoms with E-state index in [-0.39, 0.29) is 5.60 Å². The van der Waals surface area contributed by atoms with Gasteiger partial charge in [0.25, 0.3) is 0 Å². The quantitative estimate of drug-likeness (QED) is 0.582. The average molecular weight is 161 g/mol. The molecular formula is C8H13ClO. The van der Waals surface area contributed by atoms with Crippen LogP contribution >= 0.6 is 11.6 Å². The molecule has 3 fully saturated rings. The van der Waals surface area contributed by atoms with E-state index in [2.05, 4.69) is 0 Å². The van der Waals surface area contributed by atoms with Crippen LogP contribution in [0.25, 0.3) is 0 Å². The number of halogens is 1. The number of aliphatic hydroxyl groups is 1. The van der Waals surface area contributed by atoms with Crippen LogP contribution in [0.1, 0.15) is 32.1 Å². The van der Waals surface area contributed by atoms with Gasteiger partial charge in [-0.3, -0.25) is 0 Å². The number of fused-ring (bicyclic) bond motifs is 2. The predicted octanol–water partition coefficient (Wildman–Crippen LogP) is 1.92. The summed E-state index contributed by atoms with van der Waals surface area (Å²) in [6.07, 6.45) is 5.33. The van der Waals surface area contributed by atoms with Gasteiger partial charge in [0, 0.05) is 5.88 Å². The molecule has 1 nitrogen and oxygen atoms in total. The Morgan fingerprint density at radius 2 is 2.00 bits per heavy atom. The highest BCUT2D eigenvalue weighted by Gasteiger charge is 2.55. The molecule has 0 aromatic heterocycles. The summed E-state index contributed by atoms with van der Waals surface area (Å²) in [6, 6.07) is 0. The second-order valence-electron chi connectivity index (χ2n) is 4.07. The molecule has 0 amide bonds. The molecule has 2 bridgehead atoms. The molecule has 0 radical (unpaired) electrons. The van der Waals surface area contributed by atoms with Crippen LogP contribution in [0.4, 0.5) is 0 Å². The van der Waals surface area contributed by atoms with E-state index in [0.717, 1.165) is 25.1 Å². The Morgan fingerprint density at radius 3 is 2.40 bits per heavy atom. The lowest BCUT2D eigenvalue weighted by molar-refractivity contribution is -0.155. The summed E-state index contributed by atoms with van der Waals surface area (Å²) >= 11 is 5.81. The van der Waals surface area contributed by atoms with Crippen molar-refractivity contribution in [2.75, 3.05) is 5.88 Å². The van der Waals surface area contributed by atoms with Gasteiger partial charge in [0.05, 0.1) is 5.60 Å². The standard InChI is InChI=1S/C8H13ClO/c9-6-7-2-1-3-8(10,4-7)5-7/h10H,1-6H2. The Morgan fingerprint density at radius 1 is 1.30 bits per heavy atom. The van der Waals surface area contributed by atoms with Crippen molar-refractivity contribution in [2.45, 2.75) is 37.7 Å². The Kier molecular flexibility index (Phi) is 1.31. The molecule has 0 unspecified atom stereocenters. The van der Waals surface area contributed by atoms with Gasteiger partial charge >= 0.3 is 0 Å². The van der Waals surface area contributed by atoms with Gasteiger partial charge in [0.15, 0.2) is 0 Å². The van der Waals surface area contributed by atoms with Crippen molar-refractivity contribution in [2.24, 2.45) is 5.41 Å². The summed E-state index contributed by atoms with van der Waals surface area (Å²) in [4.78, 5) is 0. The normalized spacial score (nSPS) is 52.2. The fraction of sp³-hybridized carbons (Fsp3) is 1.00. The third kappa shape index (κ3) is 0.802. The second-order valence-corrected chi connectivity index (χ2v) is 4.33. The molecule has 0 atom stereocenters. The first kappa shape index (κ1) is 6.93. The van der Waals surface area contributed by atoms with E-state index in [4.69, 9.17) is 11.6 Å². The molecule has 3 saturated carbocycles. The number of rotatable bonds is 1. The molecule has 0 aromatic carbocycles. The van der Waals surface area contributed by atoms with Crippen molar-refractivity contribution >= 4 is 11.6 Å². The van der Waals surface area contributed by atoms with Gasteiger partial charge in [0.1, 0.15) is 0 Å². The first-order valence-electron chi connectivity index (χ1n) is 3.97. The SMILES string of the molecule is OC12CCCC(CCl)(C1)C2. The Hall–Kier alpha value is 0.250. The van der Waals surface area contributed by atoms with Crippen LogP contribution in [0.15, 0.2) is 0 Å². The Labute approximate surface area is 66.4 Å². The van der Waals surface area contributed by atoms with Crippen LogP contribution in [0, 0.1) is 5.41 Å². The molecule has 0 aliphatic heterocycles. The summed E-state index contributed by atoms with van der Waals surface area (Å²) in [7, 11) is 0. The van der Waals surface area contributed by atoms with Gasteiger partial charge in [-0.25, -0.2) is 0 Å². The molecule has 0 spiro atoms. The second kappa shape index (κ2) is 1.89. The van der Waals surface area contributed by atoms with Crippen LogP contribution in [-0.4, -0.2) is 16.6 Å². The number of hydrogen-bond donors (Lipinski definition) is 1. The van der Waals surface area contributed by atoms with Crippen LogP contribution in [0.5, 0.6) is 0 Å². The van der Waals surface area contributed by atoms with Crippen molar-refractivity contribution in [1.29, 1.82) is 0 Å². The zero-order valence-corrected chi connectivity index (χ0v) is 6.82. The molecule has 3 aliphatic rings. The molecule has 58 valence electrons. The number of alkyl halides is 1. The first-order chi connectivity index (χ1) is 4.68. The zero-order valence-electron chi connectivity index (χ0n) is 6.07. The molecule has 10 heavy (non-hydrogen) atoms. The molecule has 0 saturated heterocycles. The van der Waals surface area contributed by atoms with Crippen molar-refractivity contribution in [3.63, 3.8) is 0 Å². The van der Waals surface area contributed by atoms with E-state index in [1.165, 1.54) is 12.8 Å². The third-order valence-electron chi connectivity index (χ3n) is 3.04. The molecule has 1 N–H and O–H groups in total. The largest absolute Gasteiger partial charge is 0.390 e. The van der Waals surface area contributed by atoms with Gasteiger partial charge in [-0.15, -0.1) is 11.6 Å². The summed E-state index contributed by atoms with van der Waals surface area (Å²) < 4.78 is 0. The van der Waals surface area contributed by atoms with Gasteiger partial charge in [0.2, 0.25) is 0 Å². The molecule has 3 aliphatic carbocycles. The van der Waals surface area contributed by atoms with Gasteiger partial charge < -0.3 is 5.11 Å². The van der Waals surface area contributed by atoms with Crippen LogP contribution in [0.2, 0.25) is 0 Å². The fourth-order valence-corrected chi connectivity index (χ4v) is 2.97. The maximum atomic E-state index is 9.68. The minimum atomic E-state index is -0.298. The van der Waals surface area contributed by atoms with Crippen LogP contribution in [0.3, 0.4) is 0 Å². The summed E-state index contributed by atoms with van der Waals surface area (Å²) in [6.45, 7) is 0. The first-order valence-corrected chi connectivity index (χ1v) is 4.50. The summed E-state index contributed by atoms with van der Waals surface area (Å²) in [5.74, 6) is 0.745. The minimum Gasteiger partial charge on any atom is -0.390 e. The van der Waals surface area contributed by atoms with Crippen molar-refractivity contribution < 1.29 is 5.11 Å². The van der Waals surface area contributed by atoms with Gasteiger partial charge in [-0.2, -0.15) is 0 Å². The number of hydrogen-bond acceptors (Lipinski definition) is 1. The van der Waals surface area contributed by atoms with Gasteiger partial charge in [-0.1, -0.05) is 0 Å². The molecular weight excluding hydrogens is 148 g/mol. The van der Waals surface area contributed by atoms with Crippen molar-refractivity contribution in [3.8, 4) is 0 Å². The van der Waals surface area contributed by atoms with E-state index in [0.29, 0.717) is 5.41 Å². The highest BCUT2D eigenvalue weighted by Crippen LogP contribution is 2.58. The Balaban J connectivity index is 2.08. The van der Waals surface area contributed by atoms with E-state index in [1.54, 1.807) is 0 Å². The molecule has 3 rings (SSSR count). The van der Waals surface area contributed by atoms with E-state index in [9.17, 15) is 5.11 Å². The maximum Gasteiger partial charge on any atom is 0.0659 e. The molecule has 0 heterocycles. The molecule has 2 heteroatoms. The average Bonchev–Trinajstić information content (AvgIpc) is 1.86. The van der Waals surface area contributed by atoms with E-state index >= 15 is 0 Å². The predicted molar refractivity (Wildman–Crippen MR) is 41.2 cm³/mol. The van der Waals surface area contributed by atoms with Crippen LogP contribution < -0.4 is 0 Å². The van der Waals surface area contributed by atoms with E-state index in [1.807, 2.05) is 0 Å². The topological polar surface area (TPSA) is 20.2 Å². The third-order valence-corrected chi connectivity index (χ3v) is 3.61. The lowest BCUT2D eigenvalue weighted by Crippen LogP contribution is -2.56. The summed E-state index contributed by atoms with van der Waals surface area (Å²) in [5, 5.41) is 9.68. The van der Waals surface area contributed by atoms with Crippen LogP contribution in [-0.2, 0) is 0 Å². The summed E-state index contributed by atoms with van der Waals surface area (Å²) in [5.41, 5.74) is 0.0433.